The van der Waals surface area contributed by atoms with E-state index in [1.165, 1.54) is 37.4 Å². The summed E-state index contributed by atoms with van der Waals surface area (Å²) in [4.78, 5) is 10.7. The zero-order valence-corrected chi connectivity index (χ0v) is 17.7. The predicted octanol–water partition coefficient (Wildman–Crippen LogP) is 0.301. The van der Waals surface area contributed by atoms with Gasteiger partial charge in [-0.05, 0) is 29.3 Å². The van der Waals surface area contributed by atoms with Crippen LogP contribution < -0.4 is 20.3 Å². The molecule has 0 aromatic heterocycles. The number of amides is 1. The number of carbonyl (C=O) groups excluding carboxylic acids is 1. The van der Waals surface area contributed by atoms with Crippen LogP contribution in [0.15, 0.2) is 46.2 Å². The molecule has 0 aliphatic carbocycles. The molecule has 4 N–H and O–H groups in total. The Hall–Kier alpha value is -2.67. The number of methoxy groups -OCH3 is 1. The number of hydrogen-bond acceptors (Lipinski definition) is 7. The first-order chi connectivity index (χ1) is 14.0. The van der Waals surface area contributed by atoms with Gasteiger partial charge in [-0.15, -0.1) is 0 Å². The van der Waals surface area contributed by atoms with Crippen molar-refractivity contribution in [2.45, 2.75) is 29.3 Å². The van der Waals surface area contributed by atoms with Crippen molar-refractivity contribution in [3.05, 3.63) is 47.5 Å². The Morgan fingerprint density at radius 1 is 1.10 bits per heavy atom. The maximum atomic E-state index is 13.2. The lowest BCUT2D eigenvalue weighted by Crippen LogP contribution is -2.26. The number of primary sulfonamides is 1. The monoisotopic (exact) mass is 455 g/mol. The molecule has 0 atom stereocenters. The van der Waals surface area contributed by atoms with Gasteiger partial charge in [0.1, 0.15) is 0 Å². The molecule has 10 nitrogen and oxygen atoms in total. The van der Waals surface area contributed by atoms with Gasteiger partial charge in [0.05, 0.1) is 29.9 Å². The number of sulfonamides is 2. The fourth-order valence-electron chi connectivity index (χ4n) is 3.14. The highest BCUT2D eigenvalue weighted by atomic mass is 32.2. The number of hydrogen-bond donors (Lipinski definition) is 2. The van der Waals surface area contributed by atoms with Crippen LogP contribution in [0.3, 0.4) is 0 Å². The number of nitrogens with zero attached hydrogens (tertiary/aromatic N) is 1. The van der Waals surface area contributed by atoms with Crippen LogP contribution >= 0.6 is 0 Å². The van der Waals surface area contributed by atoms with Crippen molar-refractivity contribution in [1.82, 2.24) is 4.31 Å². The third kappa shape index (κ3) is 4.41. The number of ether oxygens (including phenoxy) is 2. The van der Waals surface area contributed by atoms with Gasteiger partial charge in [0.25, 0.3) is 0 Å². The van der Waals surface area contributed by atoms with E-state index >= 15 is 0 Å². The van der Waals surface area contributed by atoms with Crippen molar-refractivity contribution >= 4 is 26.0 Å². The second kappa shape index (κ2) is 8.22. The summed E-state index contributed by atoms with van der Waals surface area (Å²) < 4.78 is 61.8. The van der Waals surface area contributed by atoms with E-state index in [2.05, 4.69) is 0 Å². The zero-order chi connectivity index (χ0) is 22.1. The van der Waals surface area contributed by atoms with E-state index in [1.807, 2.05) is 0 Å². The lowest BCUT2D eigenvalue weighted by Gasteiger charge is -2.17. The number of carbonyl (C=O) groups is 1. The van der Waals surface area contributed by atoms with Gasteiger partial charge >= 0.3 is 0 Å². The average molecular weight is 456 g/mol. The van der Waals surface area contributed by atoms with Crippen LogP contribution in [0.1, 0.15) is 17.5 Å². The minimum absolute atomic E-state index is 0.00488. The van der Waals surface area contributed by atoms with Crippen molar-refractivity contribution in [3.63, 3.8) is 0 Å². The molecule has 0 unspecified atom stereocenters. The third-order valence-corrected chi connectivity index (χ3v) is 7.38. The summed E-state index contributed by atoms with van der Waals surface area (Å²) in [5.74, 6) is -0.125. The van der Waals surface area contributed by atoms with E-state index < -0.39 is 26.0 Å². The standard InChI is InChI=1S/C18H21N3O7S2/c1-27-15-6-5-13(9-16(15)28-8-7-18(19)22)30(25,26)21-10-12-3-2-4-17(14(12)11-21)29(20,23)24/h2-6,9H,7-8,10-11H2,1H3,(H2,19,22)(H2,20,23,24). The second-order valence-electron chi connectivity index (χ2n) is 6.59. The molecule has 1 heterocycles. The smallest absolute Gasteiger partial charge is 0.243 e. The first-order valence-electron chi connectivity index (χ1n) is 8.77. The van der Waals surface area contributed by atoms with Crippen molar-refractivity contribution in [2.24, 2.45) is 10.9 Å². The fraction of sp³-hybridized carbons (Fsp3) is 0.278. The highest BCUT2D eigenvalue weighted by Gasteiger charge is 2.34. The molecule has 3 rings (SSSR count). The van der Waals surface area contributed by atoms with Gasteiger partial charge in [-0.25, -0.2) is 22.0 Å². The van der Waals surface area contributed by atoms with Crippen LogP contribution in [0.2, 0.25) is 0 Å². The van der Waals surface area contributed by atoms with Gasteiger partial charge < -0.3 is 15.2 Å². The van der Waals surface area contributed by atoms with E-state index in [1.54, 1.807) is 6.07 Å². The van der Waals surface area contributed by atoms with E-state index in [9.17, 15) is 21.6 Å². The van der Waals surface area contributed by atoms with Crippen LogP contribution in [-0.2, 0) is 37.9 Å². The summed E-state index contributed by atoms with van der Waals surface area (Å²) in [6, 6.07) is 8.61. The molecule has 2 aromatic rings. The van der Waals surface area contributed by atoms with Crippen molar-refractivity contribution in [1.29, 1.82) is 0 Å². The lowest BCUT2D eigenvalue weighted by molar-refractivity contribution is -0.118. The van der Waals surface area contributed by atoms with Gasteiger partial charge in [0, 0.05) is 19.2 Å². The van der Waals surface area contributed by atoms with Gasteiger partial charge in [-0.1, -0.05) is 12.1 Å². The third-order valence-electron chi connectivity index (χ3n) is 4.60. The minimum atomic E-state index is -3.99. The number of primary amides is 1. The van der Waals surface area contributed by atoms with Crippen LogP contribution in [0.5, 0.6) is 11.5 Å². The first kappa shape index (κ1) is 22.0. The Kier molecular flexibility index (Phi) is 6.04. The maximum absolute atomic E-state index is 13.2. The van der Waals surface area contributed by atoms with E-state index in [4.69, 9.17) is 20.3 Å². The molecule has 0 saturated heterocycles. The Morgan fingerprint density at radius 3 is 2.47 bits per heavy atom. The SMILES string of the molecule is COc1ccc(S(=O)(=O)N2Cc3cccc(S(N)(=O)=O)c3C2)cc1OCCC(N)=O. The number of benzene rings is 2. The molecule has 162 valence electrons. The van der Waals surface area contributed by atoms with Gasteiger partial charge in [0.2, 0.25) is 26.0 Å². The summed E-state index contributed by atoms with van der Waals surface area (Å²) in [6.45, 7) is -0.166. The highest BCUT2D eigenvalue weighted by Crippen LogP contribution is 2.35. The number of rotatable bonds is 8. The summed E-state index contributed by atoms with van der Waals surface area (Å²) >= 11 is 0. The van der Waals surface area contributed by atoms with Crippen molar-refractivity contribution < 1.29 is 31.1 Å². The molecule has 30 heavy (non-hydrogen) atoms. The van der Waals surface area contributed by atoms with Crippen LogP contribution in [0, 0.1) is 0 Å². The van der Waals surface area contributed by atoms with Crippen LogP contribution in [0.25, 0.3) is 0 Å². The molecule has 0 fully saturated rings. The summed E-state index contributed by atoms with van der Waals surface area (Å²) in [6.07, 6.45) is -0.0437. The molecule has 0 spiro atoms. The second-order valence-corrected chi connectivity index (χ2v) is 10.1. The van der Waals surface area contributed by atoms with Crippen molar-refractivity contribution in [2.75, 3.05) is 13.7 Å². The van der Waals surface area contributed by atoms with E-state index in [0.717, 1.165) is 4.31 Å². The van der Waals surface area contributed by atoms with E-state index in [0.29, 0.717) is 16.9 Å². The Bertz CT molecular complexity index is 1190. The van der Waals surface area contributed by atoms with Crippen LogP contribution in [-0.4, -0.2) is 40.8 Å². The molecule has 1 aliphatic rings. The molecule has 1 amide bonds. The Morgan fingerprint density at radius 2 is 1.83 bits per heavy atom. The summed E-state index contributed by atoms with van der Waals surface area (Å²) in [5.41, 5.74) is 6.01. The first-order valence-corrected chi connectivity index (χ1v) is 11.8. The normalized spacial score (nSPS) is 14.3. The van der Waals surface area contributed by atoms with Crippen molar-refractivity contribution in [3.8, 4) is 11.5 Å². The molecular weight excluding hydrogens is 434 g/mol. The molecule has 0 saturated carbocycles. The Balaban J connectivity index is 1.91. The quantitative estimate of drug-likeness (QED) is 0.579. The maximum Gasteiger partial charge on any atom is 0.243 e. The van der Waals surface area contributed by atoms with Gasteiger partial charge in [-0.2, -0.15) is 4.31 Å². The Labute approximate surface area is 174 Å². The molecular formula is C18H21N3O7S2. The predicted molar refractivity (Wildman–Crippen MR) is 107 cm³/mol. The summed E-state index contributed by atoms with van der Waals surface area (Å²) in [7, 11) is -6.58. The topological polar surface area (TPSA) is 159 Å². The van der Waals surface area contributed by atoms with Gasteiger partial charge in [0.15, 0.2) is 11.5 Å². The van der Waals surface area contributed by atoms with E-state index in [-0.39, 0.29) is 41.7 Å². The molecule has 0 radical (unpaired) electrons. The highest BCUT2D eigenvalue weighted by molar-refractivity contribution is 7.89. The lowest BCUT2D eigenvalue weighted by atomic mass is 10.1. The fourth-order valence-corrected chi connectivity index (χ4v) is 5.35. The molecule has 2 aromatic carbocycles. The summed E-state index contributed by atoms with van der Waals surface area (Å²) in [5, 5.41) is 5.26. The van der Waals surface area contributed by atoms with Crippen LogP contribution in [0.4, 0.5) is 0 Å². The minimum Gasteiger partial charge on any atom is -0.493 e. The molecule has 1 aliphatic heterocycles. The molecule has 0 bridgehead atoms. The largest absolute Gasteiger partial charge is 0.493 e. The zero-order valence-electron chi connectivity index (χ0n) is 16.1. The average Bonchev–Trinajstić information content (AvgIpc) is 3.11. The molecule has 12 heteroatoms. The number of fused-ring (bicyclic) bond motifs is 1. The number of nitrogens with two attached hydrogens (primary N) is 2. The van der Waals surface area contributed by atoms with Gasteiger partial charge in [-0.3, -0.25) is 4.79 Å².